The molecule has 4 unspecified atom stereocenters. The van der Waals surface area contributed by atoms with Crippen LogP contribution in [0.15, 0.2) is 12.2 Å². The Morgan fingerprint density at radius 1 is 1.28 bits per heavy atom. The Labute approximate surface area is 110 Å². The van der Waals surface area contributed by atoms with E-state index in [1.165, 1.54) is 6.42 Å². The first kappa shape index (κ1) is 12.3. The summed E-state index contributed by atoms with van der Waals surface area (Å²) in [5.74, 6) is 3.36. The van der Waals surface area contributed by atoms with Gasteiger partial charge in [-0.3, -0.25) is 4.79 Å². The highest BCUT2D eigenvalue weighted by Gasteiger charge is 2.71. The molecule has 3 aliphatic rings. The Balaban J connectivity index is 1.94. The first-order valence-corrected chi connectivity index (χ1v) is 7.56. The van der Waals surface area contributed by atoms with Gasteiger partial charge in [0.05, 0.1) is 12.0 Å². The fourth-order valence-corrected chi connectivity index (χ4v) is 5.44. The number of esters is 1. The second kappa shape index (κ2) is 4.11. The van der Waals surface area contributed by atoms with E-state index in [1.54, 1.807) is 0 Å². The van der Waals surface area contributed by atoms with Gasteiger partial charge in [0.2, 0.25) is 0 Å². The highest BCUT2D eigenvalue weighted by molar-refractivity contribution is 5.80. The second-order valence-electron chi connectivity index (χ2n) is 6.18. The Morgan fingerprint density at radius 2 is 2.00 bits per heavy atom. The number of allylic oxidation sites excluding steroid dienone is 2. The molecule has 3 rings (SSSR count). The number of carbonyl (C=O) groups is 1. The first-order chi connectivity index (χ1) is 8.70. The van der Waals surface area contributed by atoms with Crippen LogP contribution in [0.3, 0.4) is 0 Å². The molecule has 2 bridgehead atoms. The summed E-state index contributed by atoms with van der Waals surface area (Å²) in [4.78, 5) is 12.5. The zero-order valence-electron chi connectivity index (χ0n) is 11.7. The average Bonchev–Trinajstić information content (AvgIpc) is 2.89. The molecule has 2 fully saturated rings. The topological polar surface area (TPSA) is 26.3 Å². The normalized spacial score (nSPS) is 47.8. The van der Waals surface area contributed by atoms with Crippen LogP contribution in [-0.2, 0) is 9.53 Å². The van der Waals surface area contributed by atoms with Crippen LogP contribution >= 0.6 is 0 Å². The lowest BCUT2D eigenvalue weighted by Gasteiger charge is -2.60. The summed E-state index contributed by atoms with van der Waals surface area (Å²) < 4.78 is 5.42. The van der Waals surface area contributed by atoms with E-state index in [4.69, 9.17) is 4.74 Å². The van der Waals surface area contributed by atoms with E-state index in [9.17, 15) is 4.79 Å². The lowest BCUT2D eigenvalue weighted by atomic mass is 9.42. The molecule has 0 heterocycles. The molecule has 2 nitrogen and oxygen atoms in total. The van der Waals surface area contributed by atoms with Crippen LogP contribution in [-0.4, -0.2) is 12.6 Å². The lowest BCUT2D eigenvalue weighted by Crippen LogP contribution is -2.62. The van der Waals surface area contributed by atoms with Gasteiger partial charge in [0, 0.05) is 0 Å². The maximum absolute atomic E-state index is 12.5. The van der Waals surface area contributed by atoms with E-state index < -0.39 is 0 Å². The predicted molar refractivity (Wildman–Crippen MR) is 70.9 cm³/mol. The van der Waals surface area contributed by atoms with Gasteiger partial charge in [-0.25, -0.2) is 0 Å². The van der Waals surface area contributed by atoms with E-state index in [0.29, 0.717) is 24.4 Å². The number of rotatable bonds is 4. The lowest BCUT2D eigenvalue weighted by molar-refractivity contribution is -0.196. The number of carbonyl (C=O) groups excluding carboxylic acids is 1. The minimum Gasteiger partial charge on any atom is -0.466 e. The molecule has 6 atom stereocenters. The Kier molecular flexibility index (Phi) is 2.80. The first-order valence-electron chi connectivity index (χ1n) is 7.56. The second-order valence-corrected chi connectivity index (χ2v) is 6.18. The van der Waals surface area contributed by atoms with Crippen LogP contribution in [0.2, 0.25) is 0 Å². The molecular formula is C16H24O2. The maximum Gasteiger partial charge on any atom is 0.312 e. The molecule has 0 saturated heterocycles. The van der Waals surface area contributed by atoms with E-state index in [1.807, 2.05) is 6.92 Å². The highest BCUT2D eigenvalue weighted by Crippen LogP contribution is 2.71. The molecule has 0 aliphatic heterocycles. The fraction of sp³-hybridized carbons (Fsp3) is 0.812. The van der Waals surface area contributed by atoms with Gasteiger partial charge in [-0.15, -0.1) is 0 Å². The Hall–Kier alpha value is -0.790. The fourth-order valence-electron chi connectivity index (χ4n) is 5.44. The van der Waals surface area contributed by atoms with Gasteiger partial charge in [0.15, 0.2) is 0 Å². The predicted octanol–water partition coefficient (Wildman–Crippen LogP) is 3.42. The van der Waals surface area contributed by atoms with Crippen molar-refractivity contribution >= 4 is 5.97 Å². The molecule has 2 saturated carbocycles. The van der Waals surface area contributed by atoms with E-state index in [2.05, 4.69) is 26.0 Å². The largest absolute Gasteiger partial charge is 0.466 e. The van der Waals surface area contributed by atoms with Crippen molar-refractivity contribution in [1.29, 1.82) is 0 Å². The monoisotopic (exact) mass is 248 g/mol. The molecule has 0 spiro atoms. The molecular weight excluding hydrogens is 224 g/mol. The molecule has 0 aromatic rings. The van der Waals surface area contributed by atoms with E-state index >= 15 is 0 Å². The van der Waals surface area contributed by atoms with Crippen molar-refractivity contribution in [1.82, 2.24) is 0 Å². The van der Waals surface area contributed by atoms with Crippen molar-refractivity contribution in [2.45, 2.75) is 40.0 Å². The smallest absolute Gasteiger partial charge is 0.312 e. The van der Waals surface area contributed by atoms with E-state index in [0.717, 1.165) is 24.7 Å². The third kappa shape index (κ3) is 1.22. The van der Waals surface area contributed by atoms with E-state index in [-0.39, 0.29) is 11.4 Å². The van der Waals surface area contributed by atoms with Crippen LogP contribution in [0.5, 0.6) is 0 Å². The average molecular weight is 248 g/mol. The van der Waals surface area contributed by atoms with Crippen LogP contribution in [0.4, 0.5) is 0 Å². The van der Waals surface area contributed by atoms with Gasteiger partial charge in [0.1, 0.15) is 0 Å². The van der Waals surface area contributed by atoms with Crippen molar-refractivity contribution in [3.63, 3.8) is 0 Å². The molecule has 0 amide bonds. The van der Waals surface area contributed by atoms with Crippen LogP contribution < -0.4 is 0 Å². The Morgan fingerprint density at radius 3 is 2.61 bits per heavy atom. The number of hydrogen-bond acceptors (Lipinski definition) is 2. The van der Waals surface area contributed by atoms with Gasteiger partial charge >= 0.3 is 5.97 Å². The summed E-state index contributed by atoms with van der Waals surface area (Å²) in [6.07, 6.45) is 8.11. The summed E-state index contributed by atoms with van der Waals surface area (Å²) in [7, 11) is 0. The van der Waals surface area contributed by atoms with Crippen molar-refractivity contribution in [2.24, 2.45) is 35.0 Å². The number of hydrogen-bond donors (Lipinski definition) is 0. The third-order valence-electron chi connectivity index (χ3n) is 5.92. The molecule has 100 valence electrons. The van der Waals surface area contributed by atoms with Gasteiger partial charge in [-0.1, -0.05) is 32.4 Å². The number of fused-ring (bicyclic) bond motifs is 5. The summed E-state index contributed by atoms with van der Waals surface area (Å²) in [5.41, 5.74) is -0.167. The van der Waals surface area contributed by atoms with Crippen LogP contribution in [0.25, 0.3) is 0 Å². The quantitative estimate of drug-likeness (QED) is 0.563. The Bertz CT molecular complexity index is 387. The zero-order valence-corrected chi connectivity index (χ0v) is 11.7. The molecule has 2 heteroatoms. The summed E-state index contributed by atoms with van der Waals surface area (Å²) >= 11 is 0. The van der Waals surface area contributed by atoms with Crippen LogP contribution in [0.1, 0.15) is 40.0 Å². The molecule has 0 aromatic heterocycles. The van der Waals surface area contributed by atoms with Gasteiger partial charge in [0.25, 0.3) is 0 Å². The molecule has 0 N–H and O–H groups in total. The standard InChI is InChI=1S/C16H24O2/c1-4-12-13-10-7-8-11(9-10)14(13)16(12,5-2)15(17)18-6-3/h7-8,10-14H,4-6,9H2,1-3H3/t10?,11?,12-,13?,14?,16+/m1/s1. The summed E-state index contributed by atoms with van der Waals surface area (Å²) in [6.45, 7) is 6.84. The zero-order chi connectivity index (χ0) is 12.9. The molecule has 3 aliphatic carbocycles. The minimum atomic E-state index is -0.167. The maximum atomic E-state index is 12.5. The summed E-state index contributed by atoms with van der Waals surface area (Å²) in [6, 6.07) is 0. The molecule has 0 radical (unpaired) electrons. The van der Waals surface area contributed by atoms with Crippen molar-refractivity contribution < 1.29 is 9.53 Å². The highest BCUT2D eigenvalue weighted by atomic mass is 16.5. The van der Waals surface area contributed by atoms with Crippen molar-refractivity contribution in [3.05, 3.63) is 12.2 Å². The molecule has 18 heavy (non-hydrogen) atoms. The molecule has 0 aromatic carbocycles. The van der Waals surface area contributed by atoms with Gasteiger partial charge < -0.3 is 4.74 Å². The van der Waals surface area contributed by atoms with Crippen molar-refractivity contribution in [3.8, 4) is 0 Å². The number of ether oxygens (including phenoxy) is 1. The van der Waals surface area contributed by atoms with Crippen molar-refractivity contribution in [2.75, 3.05) is 6.61 Å². The van der Waals surface area contributed by atoms with Crippen LogP contribution in [0, 0.1) is 35.0 Å². The van der Waals surface area contributed by atoms with Gasteiger partial charge in [-0.05, 0) is 49.4 Å². The van der Waals surface area contributed by atoms with Gasteiger partial charge in [-0.2, -0.15) is 0 Å². The minimum absolute atomic E-state index is 0.0848. The SMILES string of the molecule is CCOC(=O)[C@]1(CC)C2C3C=CC(C3)C2[C@H]1CC. The third-order valence-corrected chi connectivity index (χ3v) is 5.92. The summed E-state index contributed by atoms with van der Waals surface area (Å²) in [5, 5.41) is 0.